The smallest absolute Gasteiger partial charge is 0.338 e. The van der Waals surface area contributed by atoms with Gasteiger partial charge in [0.2, 0.25) is 0 Å². The van der Waals surface area contributed by atoms with Gasteiger partial charge >= 0.3 is 23.9 Å². The van der Waals surface area contributed by atoms with E-state index in [0.717, 1.165) is 11.1 Å². The molecule has 2 aromatic carbocycles. The van der Waals surface area contributed by atoms with E-state index in [1.165, 1.54) is 36.0 Å². The van der Waals surface area contributed by atoms with Gasteiger partial charge in [0.15, 0.2) is 24.3 Å². The van der Waals surface area contributed by atoms with Crippen LogP contribution in [0.2, 0.25) is 0 Å². The number of nitrogens with zero attached hydrogens (tertiary/aromatic N) is 6. The lowest BCUT2D eigenvalue weighted by Gasteiger charge is -2.25. The number of hydrogen-bond acceptors (Lipinski definition) is 14. The Kier molecular flexibility index (Phi) is 14.1. The Morgan fingerprint density at radius 1 is 0.600 bits per heavy atom. The molecule has 0 saturated carbocycles. The van der Waals surface area contributed by atoms with Crippen molar-refractivity contribution in [1.82, 2.24) is 30.0 Å². The molecule has 0 unspecified atom stereocenters. The first kappa shape index (κ1) is 37.3. The first-order valence-corrected chi connectivity index (χ1v) is 15.9. The first-order chi connectivity index (χ1) is 24.3. The van der Waals surface area contributed by atoms with Gasteiger partial charge in [-0.1, -0.05) is 71.1 Å². The highest BCUT2D eigenvalue weighted by molar-refractivity contribution is 5.85. The van der Waals surface area contributed by atoms with Crippen LogP contribution in [0.25, 0.3) is 0 Å². The Morgan fingerprint density at radius 2 is 0.980 bits per heavy atom. The summed E-state index contributed by atoms with van der Waals surface area (Å²) in [4.78, 5) is 52.3. The fourth-order valence-electron chi connectivity index (χ4n) is 5.10. The van der Waals surface area contributed by atoms with Crippen molar-refractivity contribution in [3.05, 3.63) is 95.6 Å². The minimum Gasteiger partial charge on any atom is -0.467 e. The van der Waals surface area contributed by atoms with Gasteiger partial charge in [-0.05, 0) is 25.0 Å². The maximum atomic E-state index is 13.3. The fraction of sp³-hybridized carbons (Fsp3) is 0.412. The second-order valence-corrected chi connectivity index (χ2v) is 10.8. The highest BCUT2D eigenvalue weighted by atomic mass is 16.6. The summed E-state index contributed by atoms with van der Waals surface area (Å²) in [5, 5.41) is 16.1. The minimum absolute atomic E-state index is 0.0216. The maximum Gasteiger partial charge on any atom is 0.338 e. The molecular formula is C34H40N6O10. The Morgan fingerprint density at radius 3 is 1.32 bits per heavy atom. The van der Waals surface area contributed by atoms with E-state index in [-0.39, 0.29) is 39.3 Å². The van der Waals surface area contributed by atoms with Crippen molar-refractivity contribution in [2.45, 2.75) is 64.2 Å². The summed E-state index contributed by atoms with van der Waals surface area (Å²) < 4.78 is 35.3. The van der Waals surface area contributed by atoms with Crippen LogP contribution in [0.1, 0.15) is 48.4 Å². The van der Waals surface area contributed by atoms with Crippen LogP contribution in [0.15, 0.2) is 73.1 Å². The van der Waals surface area contributed by atoms with Gasteiger partial charge in [0, 0.05) is 12.8 Å². The highest BCUT2D eigenvalue weighted by Gasteiger charge is 2.39. The molecule has 0 N–H and O–H groups in total. The molecule has 2 aromatic heterocycles. The van der Waals surface area contributed by atoms with E-state index in [2.05, 4.69) is 20.6 Å². The average Bonchev–Trinajstić information content (AvgIpc) is 3.81. The van der Waals surface area contributed by atoms with Gasteiger partial charge in [0.1, 0.15) is 0 Å². The van der Waals surface area contributed by atoms with Gasteiger partial charge in [-0.15, -0.1) is 10.2 Å². The standard InChI is InChI=1S/C34H40N6O10/c1-5-47-33(43)29(49-21-25-19-35-37-39(25)27(31(41)45-3)17-23-13-9-7-10-14-23)30(34(44)48-6-2)50-22-26-20-36-38-40(26)28(32(42)46-4)18-24-15-11-8-12-16-24/h7-16,19-20,27-30H,5-6,17-18,21-22H2,1-4H3/t27-,28-,29+,30+/m0/s1. The summed E-state index contributed by atoms with van der Waals surface area (Å²) in [6, 6.07) is 16.7. The summed E-state index contributed by atoms with van der Waals surface area (Å²) in [5.74, 6) is -2.95. The molecule has 0 saturated heterocycles. The molecular weight excluding hydrogens is 652 g/mol. The van der Waals surface area contributed by atoms with Crippen LogP contribution in [0.4, 0.5) is 0 Å². The van der Waals surface area contributed by atoms with Crippen molar-refractivity contribution in [2.75, 3.05) is 27.4 Å². The van der Waals surface area contributed by atoms with Crippen LogP contribution in [-0.4, -0.2) is 93.5 Å². The van der Waals surface area contributed by atoms with E-state index in [1.807, 2.05) is 60.7 Å². The van der Waals surface area contributed by atoms with Gasteiger partial charge in [-0.3, -0.25) is 0 Å². The molecule has 0 aliphatic carbocycles. The summed E-state index contributed by atoms with van der Waals surface area (Å²) in [6.07, 6.45) is -0.0572. The molecule has 4 rings (SSSR count). The average molecular weight is 693 g/mol. The van der Waals surface area contributed by atoms with Gasteiger partial charge in [0.25, 0.3) is 0 Å². The Balaban J connectivity index is 1.59. The van der Waals surface area contributed by atoms with Gasteiger partial charge in [0.05, 0.1) is 64.4 Å². The summed E-state index contributed by atoms with van der Waals surface area (Å²) in [6.45, 7) is 2.49. The normalized spacial score (nSPS) is 13.4. The number of carbonyl (C=O) groups is 4. The van der Waals surface area contributed by atoms with Crippen molar-refractivity contribution >= 4 is 23.9 Å². The van der Waals surface area contributed by atoms with E-state index in [0.29, 0.717) is 11.4 Å². The lowest BCUT2D eigenvalue weighted by Crippen LogP contribution is -2.45. The summed E-state index contributed by atoms with van der Waals surface area (Å²) >= 11 is 0. The summed E-state index contributed by atoms with van der Waals surface area (Å²) in [5.41, 5.74) is 2.30. The van der Waals surface area contributed by atoms with Gasteiger partial charge < -0.3 is 28.4 Å². The number of aromatic nitrogens is 6. The predicted molar refractivity (Wildman–Crippen MR) is 173 cm³/mol. The number of carbonyl (C=O) groups excluding carboxylic acids is 4. The number of ether oxygens (including phenoxy) is 6. The molecule has 0 bridgehead atoms. The molecule has 0 fully saturated rings. The number of methoxy groups -OCH3 is 2. The molecule has 0 spiro atoms. The molecule has 2 heterocycles. The molecule has 0 aliphatic heterocycles. The van der Waals surface area contributed by atoms with Crippen LogP contribution in [0, 0.1) is 0 Å². The Bertz CT molecular complexity index is 1560. The van der Waals surface area contributed by atoms with Gasteiger partial charge in [-0.2, -0.15) is 0 Å². The van der Waals surface area contributed by atoms with E-state index in [4.69, 9.17) is 28.4 Å². The largest absolute Gasteiger partial charge is 0.467 e. The van der Waals surface area contributed by atoms with Gasteiger partial charge in [-0.25, -0.2) is 28.5 Å². The number of benzene rings is 2. The van der Waals surface area contributed by atoms with E-state index in [9.17, 15) is 19.2 Å². The van der Waals surface area contributed by atoms with Crippen LogP contribution in [-0.2, 0) is 73.7 Å². The van der Waals surface area contributed by atoms with Crippen LogP contribution >= 0.6 is 0 Å². The van der Waals surface area contributed by atoms with E-state index >= 15 is 0 Å². The molecule has 16 heteroatoms. The van der Waals surface area contributed by atoms with Crippen molar-refractivity contribution in [3.8, 4) is 0 Å². The highest BCUT2D eigenvalue weighted by Crippen LogP contribution is 2.22. The third kappa shape index (κ3) is 9.79. The minimum atomic E-state index is -1.63. The Hall–Kier alpha value is -5.48. The predicted octanol–water partition coefficient (Wildman–Crippen LogP) is 2.38. The second kappa shape index (κ2) is 18.9. The third-order valence-electron chi connectivity index (χ3n) is 7.51. The van der Waals surface area contributed by atoms with Crippen molar-refractivity contribution < 1.29 is 47.6 Å². The SMILES string of the molecule is CCOC(=O)[C@H](OCc1cnnn1[C@@H](Cc1ccccc1)C(=O)OC)[C@@H](OCc1cnnn1[C@@H](Cc1ccccc1)C(=O)OC)C(=O)OCC. The van der Waals surface area contributed by atoms with Crippen LogP contribution < -0.4 is 0 Å². The summed E-state index contributed by atoms with van der Waals surface area (Å²) in [7, 11) is 2.53. The van der Waals surface area contributed by atoms with E-state index < -0.39 is 48.2 Å². The van der Waals surface area contributed by atoms with Crippen molar-refractivity contribution in [1.29, 1.82) is 0 Å². The molecule has 0 amide bonds. The number of esters is 4. The fourth-order valence-corrected chi connectivity index (χ4v) is 5.10. The molecule has 0 aliphatic rings. The number of rotatable bonds is 19. The van der Waals surface area contributed by atoms with Crippen molar-refractivity contribution in [3.63, 3.8) is 0 Å². The zero-order valence-electron chi connectivity index (χ0n) is 28.2. The van der Waals surface area contributed by atoms with E-state index in [1.54, 1.807) is 13.8 Å². The topological polar surface area (TPSA) is 185 Å². The third-order valence-corrected chi connectivity index (χ3v) is 7.51. The molecule has 50 heavy (non-hydrogen) atoms. The Labute approximate surface area is 288 Å². The monoisotopic (exact) mass is 692 g/mol. The molecule has 4 atom stereocenters. The molecule has 0 radical (unpaired) electrons. The maximum absolute atomic E-state index is 13.3. The quantitative estimate of drug-likeness (QED) is 0.103. The van der Waals surface area contributed by atoms with Crippen LogP contribution in [0.3, 0.4) is 0 Å². The molecule has 4 aromatic rings. The number of hydrogen-bond donors (Lipinski definition) is 0. The zero-order valence-corrected chi connectivity index (χ0v) is 28.2. The molecule has 16 nitrogen and oxygen atoms in total. The first-order valence-electron chi connectivity index (χ1n) is 15.9. The zero-order chi connectivity index (χ0) is 35.9. The molecule has 266 valence electrons. The van der Waals surface area contributed by atoms with Crippen LogP contribution in [0.5, 0.6) is 0 Å². The van der Waals surface area contributed by atoms with Crippen molar-refractivity contribution in [2.24, 2.45) is 0 Å². The lowest BCUT2D eigenvalue weighted by molar-refractivity contribution is -0.186. The lowest BCUT2D eigenvalue weighted by atomic mass is 10.1. The second-order valence-electron chi connectivity index (χ2n) is 10.8.